The fourth-order valence-electron chi connectivity index (χ4n) is 1.63. The maximum atomic E-state index is 12.6. The highest BCUT2D eigenvalue weighted by molar-refractivity contribution is 5.90. The Labute approximate surface area is 128 Å². The van der Waals surface area contributed by atoms with Crippen LogP contribution in [-0.4, -0.2) is 27.4 Å². The molecule has 0 unspecified atom stereocenters. The van der Waals surface area contributed by atoms with Crippen LogP contribution in [0, 0.1) is 0 Å². The summed E-state index contributed by atoms with van der Waals surface area (Å²) in [7, 11) is 0. The van der Waals surface area contributed by atoms with Gasteiger partial charge in [-0.15, -0.1) is 0 Å². The lowest BCUT2D eigenvalue weighted by Gasteiger charge is -2.09. The summed E-state index contributed by atoms with van der Waals surface area (Å²) in [5.41, 5.74) is -2.32. The van der Waals surface area contributed by atoms with E-state index >= 15 is 0 Å². The number of rotatable bonds is 5. The van der Waals surface area contributed by atoms with E-state index in [0.717, 1.165) is 0 Å². The monoisotopic (exact) mass is 327 g/mol. The number of hydrogen-bond donors (Lipinski definition) is 3. The van der Waals surface area contributed by atoms with Crippen LogP contribution in [0.15, 0.2) is 35.5 Å². The Morgan fingerprint density at radius 2 is 1.96 bits per heavy atom. The molecule has 1 amide bonds. The first-order valence-electron chi connectivity index (χ1n) is 6.47. The molecule has 0 saturated carbocycles. The third-order valence-electron chi connectivity index (χ3n) is 2.71. The summed E-state index contributed by atoms with van der Waals surface area (Å²) < 4.78 is 37.7. The zero-order chi connectivity index (χ0) is 16.9. The number of H-pyrrole nitrogens is 1. The highest BCUT2D eigenvalue weighted by atomic mass is 19.4. The summed E-state index contributed by atoms with van der Waals surface area (Å²) in [5, 5.41) is 4.91. The van der Waals surface area contributed by atoms with Gasteiger partial charge in [0, 0.05) is 31.6 Å². The quantitative estimate of drug-likeness (QED) is 0.775. The van der Waals surface area contributed by atoms with E-state index in [2.05, 4.69) is 20.6 Å². The summed E-state index contributed by atoms with van der Waals surface area (Å²) in [6.45, 7) is 0.159. The second kappa shape index (κ2) is 6.90. The summed E-state index contributed by atoms with van der Waals surface area (Å²) in [4.78, 5) is 32.8. The maximum Gasteiger partial charge on any atom is 0.417 e. The Morgan fingerprint density at radius 3 is 2.61 bits per heavy atom. The van der Waals surface area contributed by atoms with E-state index in [-0.39, 0.29) is 13.0 Å². The Morgan fingerprint density at radius 1 is 1.26 bits per heavy atom. The van der Waals surface area contributed by atoms with Crippen LogP contribution in [0.1, 0.15) is 12.0 Å². The molecule has 23 heavy (non-hydrogen) atoms. The molecule has 0 aliphatic carbocycles. The van der Waals surface area contributed by atoms with Gasteiger partial charge in [-0.1, -0.05) is 0 Å². The number of carbonyl (C=O) groups excluding carboxylic acids is 1. The first kappa shape index (κ1) is 16.5. The van der Waals surface area contributed by atoms with E-state index in [4.69, 9.17) is 0 Å². The van der Waals surface area contributed by atoms with Crippen molar-refractivity contribution in [2.45, 2.75) is 12.6 Å². The number of carbonyl (C=O) groups is 1. The lowest BCUT2D eigenvalue weighted by molar-refractivity contribution is -0.137. The average Bonchev–Trinajstić information content (AvgIpc) is 2.49. The zero-order valence-electron chi connectivity index (χ0n) is 11.6. The van der Waals surface area contributed by atoms with Crippen LogP contribution in [0.5, 0.6) is 0 Å². The smallest absolute Gasteiger partial charge is 0.354 e. The number of amides is 1. The van der Waals surface area contributed by atoms with Gasteiger partial charge >= 0.3 is 6.18 Å². The molecule has 0 bridgehead atoms. The van der Waals surface area contributed by atoms with Crippen molar-refractivity contribution in [3.8, 4) is 0 Å². The maximum absolute atomic E-state index is 12.6. The van der Waals surface area contributed by atoms with Crippen molar-refractivity contribution in [1.82, 2.24) is 15.0 Å². The number of halogens is 3. The largest absolute Gasteiger partial charge is 0.417 e. The van der Waals surface area contributed by atoms with E-state index in [0.29, 0.717) is 18.2 Å². The molecular formula is C13H12F3N5O2. The number of alkyl halides is 3. The van der Waals surface area contributed by atoms with Gasteiger partial charge in [0.25, 0.3) is 5.56 Å². The Kier molecular flexibility index (Phi) is 4.94. The third-order valence-corrected chi connectivity index (χ3v) is 2.71. The molecular weight excluding hydrogens is 315 g/mol. The number of nitrogens with zero attached hydrogens (tertiary/aromatic N) is 2. The number of aromatic nitrogens is 3. The second-order valence-corrected chi connectivity index (χ2v) is 4.43. The highest BCUT2D eigenvalue weighted by Crippen LogP contribution is 2.29. The fraction of sp³-hybridized carbons (Fsp3) is 0.231. The first-order valence-corrected chi connectivity index (χ1v) is 6.47. The summed E-state index contributed by atoms with van der Waals surface area (Å²) in [5.74, 6) is -0.296. The van der Waals surface area contributed by atoms with Crippen LogP contribution in [0.3, 0.4) is 0 Å². The molecule has 2 heterocycles. The molecule has 0 spiro atoms. The Hall–Kier alpha value is -2.91. The van der Waals surface area contributed by atoms with Gasteiger partial charge < -0.3 is 15.6 Å². The second-order valence-electron chi connectivity index (χ2n) is 4.43. The van der Waals surface area contributed by atoms with E-state index in [1.54, 1.807) is 6.07 Å². The van der Waals surface area contributed by atoms with Crippen molar-refractivity contribution in [2.75, 3.05) is 17.2 Å². The fourth-order valence-corrected chi connectivity index (χ4v) is 1.63. The van der Waals surface area contributed by atoms with Gasteiger partial charge in [-0.2, -0.15) is 13.2 Å². The van der Waals surface area contributed by atoms with Crippen molar-refractivity contribution < 1.29 is 18.0 Å². The minimum atomic E-state index is -4.62. The molecule has 0 radical (unpaired) electrons. The van der Waals surface area contributed by atoms with Crippen LogP contribution in [0.4, 0.5) is 24.8 Å². The van der Waals surface area contributed by atoms with Crippen molar-refractivity contribution in [2.24, 2.45) is 0 Å². The number of pyridine rings is 1. The summed E-state index contributed by atoms with van der Waals surface area (Å²) in [6.07, 6.45) is -1.12. The molecule has 122 valence electrons. The zero-order valence-corrected chi connectivity index (χ0v) is 11.6. The topological polar surface area (TPSA) is 99.8 Å². The Balaban J connectivity index is 1.94. The Bertz CT molecular complexity index is 730. The predicted molar refractivity (Wildman–Crippen MR) is 75.8 cm³/mol. The van der Waals surface area contributed by atoms with Gasteiger partial charge in [0.1, 0.15) is 5.69 Å². The van der Waals surface area contributed by atoms with E-state index in [1.165, 1.54) is 12.4 Å². The van der Waals surface area contributed by atoms with Gasteiger partial charge in [0.15, 0.2) is 0 Å². The summed E-state index contributed by atoms with van der Waals surface area (Å²) in [6, 6.07) is 2.21. The molecule has 0 atom stereocenters. The third kappa shape index (κ3) is 4.80. The van der Waals surface area contributed by atoms with Gasteiger partial charge in [0.05, 0.1) is 5.56 Å². The standard InChI is InChI=1S/C13H12F3N5O2/c14-13(15,16)8-6-9(11(23)20-7-8)21-10(22)2-5-19-12-17-3-1-4-18-12/h1,3-4,6-7H,2,5H2,(H,20,23)(H,21,22)(H,17,18,19). The molecule has 2 aromatic rings. The molecule has 10 heteroatoms. The van der Waals surface area contributed by atoms with Crippen molar-refractivity contribution >= 4 is 17.5 Å². The van der Waals surface area contributed by atoms with Crippen molar-refractivity contribution in [1.29, 1.82) is 0 Å². The number of hydrogen-bond acceptors (Lipinski definition) is 5. The van der Waals surface area contributed by atoms with E-state index in [9.17, 15) is 22.8 Å². The normalized spacial score (nSPS) is 11.1. The number of nitrogens with one attached hydrogen (secondary N) is 3. The molecule has 0 aliphatic rings. The van der Waals surface area contributed by atoms with E-state index < -0.39 is 28.9 Å². The van der Waals surface area contributed by atoms with Crippen LogP contribution >= 0.6 is 0 Å². The lowest BCUT2D eigenvalue weighted by Crippen LogP contribution is -2.23. The van der Waals surface area contributed by atoms with Crippen LogP contribution in [0.2, 0.25) is 0 Å². The first-order chi connectivity index (χ1) is 10.9. The number of aromatic amines is 1. The average molecular weight is 327 g/mol. The van der Waals surface area contributed by atoms with E-state index in [1.807, 2.05) is 4.98 Å². The van der Waals surface area contributed by atoms with Gasteiger partial charge in [-0.3, -0.25) is 9.59 Å². The van der Waals surface area contributed by atoms with Gasteiger partial charge in [-0.25, -0.2) is 9.97 Å². The van der Waals surface area contributed by atoms with Crippen molar-refractivity contribution in [3.05, 3.63) is 46.6 Å². The minimum Gasteiger partial charge on any atom is -0.354 e. The molecule has 0 aliphatic heterocycles. The molecule has 0 aromatic carbocycles. The summed E-state index contributed by atoms with van der Waals surface area (Å²) >= 11 is 0. The highest BCUT2D eigenvalue weighted by Gasteiger charge is 2.31. The SMILES string of the molecule is O=C(CCNc1ncccn1)Nc1cc(C(F)(F)F)c[nH]c1=O. The minimum absolute atomic E-state index is 0.0755. The number of anilines is 2. The molecule has 0 saturated heterocycles. The van der Waals surface area contributed by atoms with Crippen LogP contribution < -0.4 is 16.2 Å². The molecule has 2 aromatic heterocycles. The predicted octanol–water partition coefficient (Wildman–Crippen LogP) is 1.62. The molecule has 3 N–H and O–H groups in total. The molecule has 0 fully saturated rings. The molecule has 7 nitrogen and oxygen atoms in total. The van der Waals surface area contributed by atoms with Crippen LogP contribution in [0.25, 0.3) is 0 Å². The lowest BCUT2D eigenvalue weighted by atomic mass is 10.2. The van der Waals surface area contributed by atoms with Gasteiger partial charge in [0.2, 0.25) is 11.9 Å². The van der Waals surface area contributed by atoms with Crippen molar-refractivity contribution in [3.63, 3.8) is 0 Å². The molecule has 2 rings (SSSR count). The van der Waals surface area contributed by atoms with Gasteiger partial charge in [-0.05, 0) is 12.1 Å². The van der Waals surface area contributed by atoms with Crippen LogP contribution in [-0.2, 0) is 11.0 Å².